The van der Waals surface area contributed by atoms with Gasteiger partial charge in [-0.3, -0.25) is 0 Å². The van der Waals surface area contributed by atoms with E-state index < -0.39 is 0 Å². The van der Waals surface area contributed by atoms with Gasteiger partial charge in [0.15, 0.2) is 0 Å². The number of benzene rings is 1. The first-order chi connectivity index (χ1) is 8.15. The molecule has 1 aromatic carbocycles. The molecule has 0 saturated carbocycles. The Labute approximate surface area is 108 Å². The molecule has 0 spiro atoms. The molecule has 2 rings (SSSR count). The lowest BCUT2D eigenvalue weighted by molar-refractivity contribution is 0.522. The molecule has 0 radical (unpaired) electrons. The Kier molecular flexibility index (Phi) is 3.39. The largest absolute Gasteiger partial charge is 0.342 e. The molecule has 0 saturated heterocycles. The van der Waals surface area contributed by atoms with Gasteiger partial charge in [-0.2, -0.15) is 0 Å². The molecule has 0 atom stereocenters. The molecule has 1 heterocycles. The van der Waals surface area contributed by atoms with Crippen LogP contribution in [0.3, 0.4) is 0 Å². The third-order valence-corrected chi connectivity index (χ3v) is 3.36. The summed E-state index contributed by atoms with van der Waals surface area (Å²) in [5, 5.41) is 0.776. The van der Waals surface area contributed by atoms with E-state index in [0.29, 0.717) is 0 Å². The summed E-state index contributed by atoms with van der Waals surface area (Å²) in [6.45, 7) is 9.21. The van der Waals surface area contributed by atoms with Gasteiger partial charge in [0.25, 0.3) is 0 Å². The van der Waals surface area contributed by atoms with Crippen LogP contribution in [0.5, 0.6) is 0 Å². The zero-order valence-corrected chi connectivity index (χ0v) is 11.0. The number of hydrogen-bond donors (Lipinski definition) is 0. The lowest BCUT2D eigenvalue weighted by atomic mass is 10.0. The minimum Gasteiger partial charge on any atom is -0.342 e. The molecular weight excluding hydrogens is 230 g/mol. The van der Waals surface area contributed by atoms with Gasteiger partial charge in [0.2, 0.25) is 0 Å². The van der Waals surface area contributed by atoms with Crippen molar-refractivity contribution in [1.82, 2.24) is 4.90 Å². The zero-order chi connectivity index (χ0) is 12.4. The second kappa shape index (κ2) is 4.80. The molecule has 0 bridgehead atoms. The molecule has 88 valence electrons. The number of allylic oxidation sites excluding steroid dienone is 3. The minimum absolute atomic E-state index is 0.776. The summed E-state index contributed by atoms with van der Waals surface area (Å²) < 4.78 is 0. The van der Waals surface area contributed by atoms with Crippen molar-refractivity contribution in [3.63, 3.8) is 0 Å². The molecule has 0 aliphatic carbocycles. The number of hydrogen-bond acceptors (Lipinski definition) is 1. The van der Waals surface area contributed by atoms with Crippen molar-refractivity contribution in [3.05, 3.63) is 64.9 Å². The molecule has 0 aromatic heterocycles. The standard InChI is InChI=1S/C15H16ClN/c1-4-17-12(3)11(2)9-10-15(17)13-7-5-6-8-14(13)16/h5-10H,3-4H2,1-2H3. The van der Waals surface area contributed by atoms with Gasteiger partial charge in [-0.1, -0.05) is 42.5 Å². The Morgan fingerprint density at radius 2 is 1.94 bits per heavy atom. The van der Waals surface area contributed by atoms with Crippen LogP contribution in [0.2, 0.25) is 5.02 Å². The maximum Gasteiger partial charge on any atom is 0.0499 e. The molecule has 1 aliphatic heterocycles. The lowest BCUT2D eigenvalue weighted by Gasteiger charge is -2.31. The summed E-state index contributed by atoms with van der Waals surface area (Å²) in [6.07, 6.45) is 4.20. The summed E-state index contributed by atoms with van der Waals surface area (Å²) in [5.41, 5.74) is 4.42. The topological polar surface area (TPSA) is 3.24 Å². The van der Waals surface area contributed by atoms with Crippen molar-refractivity contribution in [2.45, 2.75) is 13.8 Å². The maximum absolute atomic E-state index is 6.25. The average Bonchev–Trinajstić information content (AvgIpc) is 2.33. The highest BCUT2D eigenvalue weighted by atomic mass is 35.5. The molecule has 1 aliphatic rings. The first-order valence-corrected chi connectivity index (χ1v) is 6.13. The smallest absolute Gasteiger partial charge is 0.0499 e. The molecule has 0 unspecified atom stereocenters. The number of likely N-dealkylation sites (N-methyl/N-ethyl adjacent to an activating group) is 1. The highest BCUT2D eigenvalue weighted by molar-refractivity contribution is 6.32. The van der Waals surface area contributed by atoms with E-state index >= 15 is 0 Å². The maximum atomic E-state index is 6.25. The van der Waals surface area contributed by atoms with Gasteiger partial charge >= 0.3 is 0 Å². The van der Waals surface area contributed by atoms with E-state index in [1.807, 2.05) is 24.3 Å². The fourth-order valence-corrected chi connectivity index (χ4v) is 2.25. The van der Waals surface area contributed by atoms with Crippen LogP contribution in [0, 0.1) is 0 Å². The highest BCUT2D eigenvalue weighted by Crippen LogP contribution is 2.33. The van der Waals surface area contributed by atoms with Crippen LogP contribution in [0.25, 0.3) is 5.70 Å². The fraction of sp³-hybridized carbons (Fsp3) is 0.200. The first-order valence-electron chi connectivity index (χ1n) is 5.75. The van der Waals surface area contributed by atoms with E-state index in [2.05, 4.69) is 37.5 Å². The van der Waals surface area contributed by atoms with Crippen LogP contribution in [0.1, 0.15) is 19.4 Å². The van der Waals surface area contributed by atoms with Crippen molar-refractivity contribution in [3.8, 4) is 0 Å². The van der Waals surface area contributed by atoms with Gasteiger partial charge in [-0.15, -0.1) is 0 Å². The summed E-state index contributed by atoms with van der Waals surface area (Å²) >= 11 is 6.25. The number of nitrogens with zero attached hydrogens (tertiary/aromatic N) is 1. The molecule has 2 heteroatoms. The second-order valence-corrected chi connectivity index (χ2v) is 4.48. The molecule has 1 nitrogen and oxygen atoms in total. The Hall–Kier alpha value is -1.47. The Morgan fingerprint density at radius 3 is 2.59 bits per heavy atom. The minimum atomic E-state index is 0.776. The van der Waals surface area contributed by atoms with Gasteiger partial charge in [0.05, 0.1) is 0 Å². The van der Waals surface area contributed by atoms with Crippen LogP contribution in [0.15, 0.2) is 54.3 Å². The third-order valence-electron chi connectivity index (χ3n) is 3.03. The van der Waals surface area contributed by atoms with Gasteiger partial charge in [0.1, 0.15) is 0 Å². The van der Waals surface area contributed by atoms with Crippen LogP contribution in [0.4, 0.5) is 0 Å². The quantitative estimate of drug-likeness (QED) is 0.743. The molecule has 17 heavy (non-hydrogen) atoms. The van der Waals surface area contributed by atoms with E-state index in [-0.39, 0.29) is 0 Å². The van der Waals surface area contributed by atoms with Crippen molar-refractivity contribution in [2.24, 2.45) is 0 Å². The van der Waals surface area contributed by atoms with Crippen LogP contribution in [-0.4, -0.2) is 11.4 Å². The Morgan fingerprint density at radius 1 is 1.24 bits per heavy atom. The summed E-state index contributed by atoms with van der Waals surface area (Å²) in [7, 11) is 0. The van der Waals surface area contributed by atoms with E-state index in [4.69, 9.17) is 11.6 Å². The number of halogens is 1. The SMILES string of the molecule is C=C1C(C)=CC=C(c2ccccc2Cl)N1CC. The summed E-state index contributed by atoms with van der Waals surface area (Å²) in [5.74, 6) is 0. The van der Waals surface area contributed by atoms with E-state index in [1.54, 1.807) is 0 Å². The highest BCUT2D eigenvalue weighted by Gasteiger charge is 2.18. The molecule has 0 amide bonds. The van der Waals surface area contributed by atoms with Crippen LogP contribution in [-0.2, 0) is 0 Å². The Bertz CT molecular complexity index is 511. The van der Waals surface area contributed by atoms with Gasteiger partial charge < -0.3 is 4.90 Å². The lowest BCUT2D eigenvalue weighted by Crippen LogP contribution is -2.23. The van der Waals surface area contributed by atoms with Gasteiger partial charge in [0, 0.05) is 28.5 Å². The van der Waals surface area contributed by atoms with Crippen LogP contribution < -0.4 is 0 Å². The average molecular weight is 246 g/mol. The molecule has 0 N–H and O–H groups in total. The first kappa shape index (κ1) is 12.0. The molecule has 0 fully saturated rings. The van der Waals surface area contributed by atoms with Crippen molar-refractivity contribution in [1.29, 1.82) is 0 Å². The van der Waals surface area contributed by atoms with E-state index in [1.165, 1.54) is 5.57 Å². The predicted octanol–water partition coefficient (Wildman–Crippen LogP) is 4.48. The van der Waals surface area contributed by atoms with Crippen molar-refractivity contribution in [2.75, 3.05) is 6.54 Å². The van der Waals surface area contributed by atoms with E-state index in [9.17, 15) is 0 Å². The third kappa shape index (κ3) is 2.16. The van der Waals surface area contributed by atoms with Crippen LogP contribution >= 0.6 is 11.6 Å². The van der Waals surface area contributed by atoms with E-state index in [0.717, 1.165) is 28.5 Å². The Balaban J connectivity index is 2.51. The predicted molar refractivity (Wildman–Crippen MR) is 74.7 cm³/mol. The van der Waals surface area contributed by atoms with Gasteiger partial charge in [-0.25, -0.2) is 0 Å². The summed E-state index contributed by atoms with van der Waals surface area (Å²) in [6, 6.07) is 7.91. The van der Waals surface area contributed by atoms with Gasteiger partial charge in [-0.05, 0) is 31.6 Å². The summed E-state index contributed by atoms with van der Waals surface area (Å²) in [4.78, 5) is 2.19. The van der Waals surface area contributed by atoms with Crippen molar-refractivity contribution >= 4 is 17.3 Å². The van der Waals surface area contributed by atoms with Crippen molar-refractivity contribution < 1.29 is 0 Å². The fourth-order valence-electron chi connectivity index (χ4n) is 2.01. The second-order valence-electron chi connectivity index (χ2n) is 4.07. The number of rotatable bonds is 2. The molecule has 1 aromatic rings. The molecular formula is C15H16ClN. The normalized spacial score (nSPS) is 15.7. The zero-order valence-electron chi connectivity index (χ0n) is 10.2. The monoisotopic (exact) mass is 245 g/mol.